The molecule has 0 radical (unpaired) electrons. The van der Waals surface area contributed by atoms with Gasteiger partial charge in [-0.2, -0.15) is 4.39 Å². The van der Waals surface area contributed by atoms with E-state index in [2.05, 4.69) is 20.6 Å². The number of hydrogen-bond donors (Lipinski definition) is 0. The zero-order valence-electron chi connectivity index (χ0n) is 13.3. The van der Waals surface area contributed by atoms with Crippen LogP contribution >= 0.6 is 0 Å². The summed E-state index contributed by atoms with van der Waals surface area (Å²) in [6, 6.07) is 15.4. The molecule has 3 heterocycles. The molecule has 4 nitrogen and oxygen atoms in total. The first-order valence-electron chi connectivity index (χ1n) is 8.13. The van der Waals surface area contributed by atoms with Gasteiger partial charge in [-0.3, -0.25) is 4.57 Å². The quantitative estimate of drug-likeness (QED) is 0.518. The Labute approximate surface area is 143 Å². The number of ether oxygens (including phenoxy) is 1. The number of aromatic nitrogens is 3. The third-order valence-corrected chi connectivity index (χ3v) is 4.56. The van der Waals surface area contributed by atoms with Crippen molar-refractivity contribution >= 4 is 11.0 Å². The van der Waals surface area contributed by atoms with Gasteiger partial charge in [-0.1, -0.05) is 6.07 Å². The number of fused-ring (bicyclic) bond motifs is 2. The summed E-state index contributed by atoms with van der Waals surface area (Å²) < 4.78 is 21.1. The molecule has 0 amide bonds. The molecule has 0 spiro atoms. The van der Waals surface area contributed by atoms with E-state index in [4.69, 9.17) is 4.74 Å². The van der Waals surface area contributed by atoms with Crippen LogP contribution < -0.4 is 4.74 Å². The highest BCUT2D eigenvalue weighted by Gasteiger charge is 2.14. The lowest BCUT2D eigenvalue weighted by molar-refractivity contribution is 0.357. The highest BCUT2D eigenvalue weighted by Crippen LogP contribution is 2.30. The van der Waals surface area contributed by atoms with Crippen molar-refractivity contribution in [1.82, 2.24) is 14.5 Å². The third-order valence-electron chi connectivity index (χ3n) is 4.56. The normalized spacial score (nSPS) is 13.0. The van der Waals surface area contributed by atoms with Crippen LogP contribution in [0.15, 0.2) is 61.1 Å². The second kappa shape index (κ2) is 5.41. The maximum Gasteiger partial charge on any atom is 0.213 e. The molecule has 0 bridgehead atoms. The number of benzene rings is 2. The maximum absolute atomic E-state index is 13.4. The van der Waals surface area contributed by atoms with Crippen LogP contribution in [0.5, 0.6) is 5.75 Å². The monoisotopic (exact) mass is 331 g/mol. The minimum atomic E-state index is -0.482. The third kappa shape index (κ3) is 2.36. The summed E-state index contributed by atoms with van der Waals surface area (Å²) in [7, 11) is 0. The van der Waals surface area contributed by atoms with Gasteiger partial charge in [-0.15, -0.1) is 0 Å². The van der Waals surface area contributed by atoms with Crippen LogP contribution in [0.2, 0.25) is 0 Å². The topological polar surface area (TPSA) is 39.9 Å². The number of rotatable bonds is 2. The summed E-state index contributed by atoms with van der Waals surface area (Å²) in [5.74, 6) is 0.478. The fourth-order valence-electron chi connectivity index (χ4n) is 3.30. The van der Waals surface area contributed by atoms with Crippen molar-refractivity contribution in [3.8, 4) is 22.6 Å². The van der Waals surface area contributed by atoms with Gasteiger partial charge < -0.3 is 4.74 Å². The van der Waals surface area contributed by atoms with Crippen molar-refractivity contribution in [3.63, 3.8) is 0 Å². The summed E-state index contributed by atoms with van der Waals surface area (Å²) in [6.45, 7) is 0.737. The van der Waals surface area contributed by atoms with Gasteiger partial charge in [0.1, 0.15) is 12.1 Å². The Morgan fingerprint density at radius 3 is 2.80 bits per heavy atom. The summed E-state index contributed by atoms with van der Waals surface area (Å²) in [5.41, 5.74) is 5.87. The average molecular weight is 331 g/mol. The van der Waals surface area contributed by atoms with Gasteiger partial charge in [0.05, 0.1) is 17.6 Å². The number of nitrogens with zero attached hydrogens (tertiary/aromatic N) is 3. The molecule has 0 atom stereocenters. The number of hydrogen-bond acceptors (Lipinski definition) is 3. The van der Waals surface area contributed by atoms with Crippen molar-refractivity contribution in [2.24, 2.45) is 0 Å². The second-order valence-electron chi connectivity index (χ2n) is 6.08. The Hall–Kier alpha value is -3.21. The molecule has 0 fully saturated rings. The van der Waals surface area contributed by atoms with Crippen LogP contribution in [-0.4, -0.2) is 21.1 Å². The first-order valence-corrected chi connectivity index (χ1v) is 8.13. The van der Waals surface area contributed by atoms with E-state index in [1.54, 1.807) is 6.07 Å². The standard InChI is InChI=1S/C20H14FN3O/c21-20-11-14(5-7-22-20)13-1-3-17-18(10-13)24(12-23-17)16-2-4-19-15(9-16)6-8-25-19/h1-5,7,9-12H,6,8H2. The molecule has 5 heteroatoms. The lowest BCUT2D eigenvalue weighted by Gasteiger charge is -2.08. The van der Waals surface area contributed by atoms with Gasteiger partial charge in [0, 0.05) is 24.4 Å². The summed E-state index contributed by atoms with van der Waals surface area (Å²) in [4.78, 5) is 8.11. The van der Waals surface area contributed by atoms with Crippen LogP contribution in [0.25, 0.3) is 27.8 Å². The fourth-order valence-corrected chi connectivity index (χ4v) is 3.30. The zero-order chi connectivity index (χ0) is 16.8. The van der Waals surface area contributed by atoms with E-state index in [-0.39, 0.29) is 0 Å². The molecular weight excluding hydrogens is 317 g/mol. The van der Waals surface area contributed by atoms with Crippen molar-refractivity contribution < 1.29 is 9.13 Å². The molecule has 0 aliphatic carbocycles. The lowest BCUT2D eigenvalue weighted by atomic mass is 10.1. The van der Waals surface area contributed by atoms with E-state index in [1.807, 2.05) is 36.7 Å². The van der Waals surface area contributed by atoms with Gasteiger partial charge in [0.2, 0.25) is 5.95 Å². The molecule has 0 unspecified atom stereocenters. The molecule has 1 aliphatic rings. The Kier molecular flexibility index (Phi) is 3.06. The van der Waals surface area contributed by atoms with E-state index >= 15 is 0 Å². The highest BCUT2D eigenvalue weighted by molar-refractivity contribution is 5.83. The molecule has 0 saturated heterocycles. The molecule has 5 rings (SSSR count). The first kappa shape index (κ1) is 14.2. The smallest absolute Gasteiger partial charge is 0.213 e. The van der Waals surface area contributed by atoms with E-state index in [1.165, 1.54) is 17.8 Å². The Morgan fingerprint density at radius 2 is 1.88 bits per heavy atom. The van der Waals surface area contributed by atoms with Crippen molar-refractivity contribution in [2.75, 3.05) is 6.61 Å². The minimum absolute atomic E-state index is 0.482. The van der Waals surface area contributed by atoms with Gasteiger partial charge in [-0.05, 0) is 53.1 Å². The molecule has 4 aromatic rings. The largest absolute Gasteiger partial charge is 0.493 e. The van der Waals surface area contributed by atoms with Crippen LogP contribution in [0, 0.1) is 5.95 Å². The van der Waals surface area contributed by atoms with Crippen molar-refractivity contribution in [1.29, 1.82) is 0 Å². The molecule has 122 valence electrons. The van der Waals surface area contributed by atoms with E-state index in [0.29, 0.717) is 0 Å². The first-order chi connectivity index (χ1) is 12.3. The van der Waals surface area contributed by atoms with Gasteiger partial charge >= 0.3 is 0 Å². The maximum atomic E-state index is 13.4. The Balaban J connectivity index is 1.66. The molecule has 25 heavy (non-hydrogen) atoms. The summed E-state index contributed by atoms with van der Waals surface area (Å²) >= 11 is 0. The van der Waals surface area contributed by atoms with Crippen LogP contribution in [0.1, 0.15) is 5.56 Å². The van der Waals surface area contributed by atoms with Gasteiger partial charge in [0.25, 0.3) is 0 Å². The Morgan fingerprint density at radius 1 is 0.960 bits per heavy atom. The molecular formula is C20H14FN3O. The number of pyridine rings is 1. The molecule has 2 aromatic heterocycles. The van der Waals surface area contributed by atoms with Crippen LogP contribution in [-0.2, 0) is 6.42 Å². The van der Waals surface area contributed by atoms with Crippen molar-refractivity contribution in [3.05, 3.63) is 72.6 Å². The highest BCUT2D eigenvalue weighted by atomic mass is 19.1. The van der Waals surface area contributed by atoms with E-state index < -0.39 is 5.95 Å². The molecule has 2 aromatic carbocycles. The SMILES string of the molecule is Fc1cc(-c2ccc3ncn(-c4ccc5c(c4)CCO5)c3c2)ccn1. The average Bonchev–Trinajstić information content (AvgIpc) is 3.27. The number of imidazole rings is 1. The minimum Gasteiger partial charge on any atom is -0.493 e. The summed E-state index contributed by atoms with van der Waals surface area (Å²) in [5, 5.41) is 0. The predicted molar refractivity (Wildman–Crippen MR) is 93.5 cm³/mol. The predicted octanol–water partition coefficient (Wildman–Crippen LogP) is 4.16. The van der Waals surface area contributed by atoms with E-state index in [9.17, 15) is 4.39 Å². The lowest BCUT2D eigenvalue weighted by Crippen LogP contribution is -1.93. The zero-order valence-corrected chi connectivity index (χ0v) is 13.3. The van der Waals surface area contributed by atoms with Crippen LogP contribution in [0.4, 0.5) is 4.39 Å². The van der Waals surface area contributed by atoms with Crippen LogP contribution in [0.3, 0.4) is 0 Å². The second-order valence-corrected chi connectivity index (χ2v) is 6.08. The summed E-state index contributed by atoms with van der Waals surface area (Å²) in [6.07, 6.45) is 4.23. The molecule has 0 N–H and O–H groups in total. The van der Waals surface area contributed by atoms with Gasteiger partial charge in [-0.25, -0.2) is 9.97 Å². The molecule has 0 saturated carbocycles. The van der Waals surface area contributed by atoms with Crippen molar-refractivity contribution in [2.45, 2.75) is 6.42 Å². The molecule has 1 aliphatic heterocycles. The van der Waals surface area contributed by atoms with E-state index in [0.717, 1.165) is 46.6 Å². The number of halogens is 1. The fraction of sp³-hybridized carbons (Fsp3) is 0.100. The van der Waals surface area contributed by atoms with Gasteiger partial charge in [0.15, 0.2) is 0 Å². The Bertz CT molecular complexity index is 1100.